The summed E-state index contributed by atoms with van der Waals surface area (Å²) >= 11 is 0. The lowest BCUT2D eigenvalue weighted by molar-refractivity contribution is 0.475. The Morgan fingerprint density at radius 1 is 1.29 bits per heavy atom. The second kappa shape index (κ2) is 3.98. The van der Waals surface area contributed by atoms with Crippen LogP contribution in [0.15, 0.2) is 24.3 Å². The molecule has 2 N–H and O–H groups in total. The van der Waals surface area contributed by atoms with E-state index in [0.29, 0.717) is 0 Å². The summed E-state index contributed by atoms with van der Waals surface area (Å²) in [5.41, 5.74) is 0.813. The van der Waals surface area contributed by atoms with Crippen LogP contribution in [-0.2, 0) is 10.0 Å². The van der Waals surface area contributed by atoms with Gasteiger partial charge >= 0.3 is 0 Å². The summed E-state index contributed by atoms with van der Waals surface area (Å²) in [7, 11) is -3.19. The molecule has 14 heavy (non-hydrogen) atoms. The van der Waals surface area contributed by atoms with E-state index in [1.807, 2.05) is 0 Å². The number of rotatable bonds is 3. The van der Waals surface area contributed by atoms with Crippen molar-refractivity contribution in [3.05, 3.63) is 29.8 Å². The zero-order valence-electron chi connectivity index (χ0n) is 8.06. The van der Waals surface area contributed by atoms with Crippen molar-refractivity contribution in [3.63, 3.8) is 0 Å². The van der Waals surface area contributed by atoms with Crippen LogP contribution in [0.5, 0.6) is 5.75 Å². The van der Waals surface area contributed by atoms with Gasteiger partial charge in [-0.05, 0) is 24.6 Å². The Labute approximate surface area is 83.6 Å². The van der Waals surface area contributed by atoms with E-state index in [0.717, 1.165) is 11.8 Å². The van der Waals surface area contributed by atoms with Gasteiger partial charge < -0.3 is 5.11 Å². The molecule has 0 aromatic heterocycles. The van der Waals surface area contributed by atoms with Crippen LogP contribution in [0.4, 0.5) is 0 Å². The van der Waals surface area contributed by atoms with Gasteiger partial charge in [-0.1, -0.05) is 12.1 Å². The summed E-state index contributed by atoms with van der Waals surface area (Å²) in [6.45, 7) is 1.74. The van der Waals surface area contributed by atoms with Crippen molar-refractivity contribution in [2.75, 3.05) is 6.26 Å². The van der Waals surface area contributed by atoms with Crippen LogP contribution in [-0.4, -0.2) is 19.8 Å². The molecule has 0 radical (unpaired) electrons. The Kier molecular flexibility index (Phi) is 3.13. The van der Waals surface area contributed by atoms with Gasteiger partial charge in [0.1, 0.15) is 5.75 Å². The van der Waals surface area contributed by atoms with Crippen LogP contribution in [0.2, 0.25) is 0 Å². The Balaban J connectivity index is 2.80. The van der Waals surface area contributed by atoms with Gasteiger partial charge in [-0.3, -0.25) is 0 Å². The van der Waals surface area contributed by atoms with Gasteiger partial charge in [-0.2, -0.15) is 0 Å². The molecule has 0 saturated heterocycles. The third-order valence-corrected chi connectivity index (χ3v) is 2.57. The molecule has 0 bridgehead atoms. The van der Waals surface area contributed by atoms with Gasteiger partial charge in [0.2, 0.25) is 10.0 Å². The van der Waals surface area contributed by atoms with Crippen molar-refractivity contribution in [3.8, 4) is 5.75 Å². The molecule has 1 atom stereocenters. The first-order valence-corrected chi connectivity index (χ1v) is 6.04. The zero-order chi connectivity index (χ0) is 10.8. The van der Waals surface area contributed by atoms with Crippen LogP contribution in [0, 0.1) is 0 Å². The minimum absolute atomic E-state index is 0.167. The molecule has 1 aromatic rings. The van der Waals surface area contributed by atoms with Crippen molar-refractivity contribution in [2.24, 2.45) is 0 Å². The van der Waals surface area contributed by atoms with Gasteiger partial charge in [0.25, 0.3) is 0 Å². The molecule has 4 nitrogen and oxygen atoms in total. The number of hydrogen-bond acceptors (Lipinski definition) is 3. The third-order valence-electron chi connectivity index (χ3n) is 1.78. The number of phenolic OH excluding ortho intramolecular Hbond substituents is 1. The molecule has 1 aromatic carbocycles. The lowest BCUT2D eigenvalue weighted by Gasteiger charge is -2.12. The van der Waals surface area contributed by atoms with Crippen LogP contribution in [0.1, 0.15) is 18.5 Å². The average Bonchev–Trinajstić information content (AvgIpc) is 2.02. The molecule has 0 aliphatic carbocycles. The minimum Gasteiger partial charge on any atom is -0.508 e. The molecule has 5 heteroatoms. The van der Waals surface area contributed by atoms with E-state index in [9.17, 15) is 8.42 Å². The van der Waals surface area contributed by atoms with E-state index in [2.05, 4.69) is 4.72 Å². The maximum atomic E-state index is 10.9. The second-order valence-electron chi connectivity index (χ2n) is 3.20. The zero-order valence-corrected chi connectivity index (χ0v) is 8.88. The van der Waals surface area contributed by atoms with Gasteiger partial charge in [-0.25, -0.2) is 13.1 Å². The fraction of sp³-hybridized carbons (Fsp3) is 0.333. The van der Waals surface area contributed by atoms with Crippen LogP contribution < -0.4 is 4.72 Å². The summed E-state index contributed by atoms with van der Waals surface area (Å²) in [4.78, 5) is 0. The maximum Gasteiger partial charge on any atom is 0.209 e. The van der Waals surface area contributed by atoms with Crippen molar-refractivity contribution in [1.82, 2.24) is 4.72 Å². The average molecular weight is 215 g/mol. The predicted octanol–water partition coefficient (Wildman–Crippen LogP) is 1.00. The smallest absolute Gasteiger partial charge is 0.209 e. The molecule has 0 aliphatic heterocycles. The van der Waals surface area contributed by atoms with Gasteiger partial charge in [0, 0.05) is 6.04 Å². The number of nitrogens with one attached hydrogen (secondary N) is 1. The summed E-state index contributed by atoms with van der Waals surface area (Å²) < 4.78 is 24.3. The fourth-order valence-electron chi connectivity index (χ4n) is 1.15. The Hall–Kier alpha value is -1.07. The molecule has 0 aliphatic rings. The molecular weight excluding hydrogens is 202 g/mol. The highest BCUT2D eigenvalue weighted by molar-refractivity contribution is 7.88. The van der Waals surface area contributed by atoms with E-state index in [4.69, 9.17) is 5.11 Å². The van der Waals surface area contributed by atoms with Crippen molar-refractivity contribution >= 4 is 10.0 Å². The summed E-state index contributed by atoms with van der Waals surface area (Å²) in [6, 6.07) is 6.12. The molecule has 1 rings (SSSR count). The molecule has 78 valence electrons. The van der Waals surface area contributed by atoms with E-state index in [-0.39, 0.29) is 11.8 Å². The molecule has 0 unspecified atom stereocenters. The van der Waals surface area contributed by atoms with Gasteiger partial charge in [0.15, 0.2) is 0 Å². The van der Waals surface area contributed by atoms with E-state index in [1.54, 1.807) is 19.1 Å². The van der Waals surface area contributed by atoms with E-state index < -0.39 is 10.0 Å². The molecular formula is C9H13NO3S. The van der Waals surface area contributed by atoms with Crippen molar-refractivity contribution < 1.29 is 13.5 Å². The highest BCUT2D eigenvalue weighted by atomic mass is 32.2. The van der Waals surface area contributed by atoms with Gasteiger partial charge in [0.05, 0.1) is 6.26 Å². The van der Waals surface area contributed by atoms with Crippen LogP contribution in [0.25, 0.3) is 0 Å². The summed E-state index contributed by atoms with van der Waals surface area (Å²) in [5, 5.41) is 9.03. The summed E-state index contributed by atoms with van der Waals surface area (Å²) in [5.74, 6) is 0.167. The molecule has 0 fully saturated rings. The normalized spacial score (nSPS) is 13.9. The quantitative estimate of drug-likeness (QED) is 0.790. The lowest BCUT2D eigenvalue weighted by Crippen LogP contribution is -2.25. The standard InChI is InChI=1S/C9H13NO3S/c1-7(10-14(2,12)13)8-3-5-9(11)6-4-8/h3-7,10-11H,1-2H3/t7-/m1/s1. The number of phenols is 1. The van der Waals surface area contributed by atoms with Crippen LogP contribution >= 0.6 is 0 Å². The van der Waals surface area contributed by atoms with Crippen molar-refractivity contribution in [1.29, 1.82) is 0 Å². The first-order valence-electron chi connectivity index (χ1n) is 4.15. The van der Waals surface area contributed by atoms with Gasteiger partial charge in [-0.15, -0.1) is 0 Å². The van der Waals surface area contributed by atoms with E-state index >= 15 is 0 Å². The minimum atomic E-state index is -3.19. The topological polar surface area (TPSA) is 66.4 Å². The monoisotopic (exact) mass is 215 g/mol. The number of sulfonamides is 1. The maximum absolute atomic E-state index is 10.9. The highest BCUT2D eigenvalue weighted by Gasteiger charge is 2.10. The number of benzene rings is 1. The Morgan fingerprint density at radius 3 is 2.21 bits per heavy atom. The number of hydrogen-bond donors (Lipinski definition) is 2. The molecule has 0 heterocycles. The first-order chi connectivity index (χ1) is 6.38. The molecule has 0 saturated carbocycles. The second-order valence-corrected chi connectivity index (χ2v) is 4.98. The van der Waals surface area contributed by atoms with Crippen LogP contribution in [0.3, 0.4) is 0 Å². The first kappa shape index (κ1) is 11.0. The Bertz CT molecular complexity index is 397. The fourth-order valence-corrected chi connectivity index (χ4v) is 1.93. The molecule has 0 amide bonds. The SMILES string of the molecule is C[C@@H](NS(C)(=O)=O)c1ccc(O)cc1. The largest absolute Gasteiger partial charge is 0.508 e. The van der Waals surface area contributed by atoms with Crippen molar-refractivity contribution in [2.45, 2.75) is 13.0 Å². The van der Waals surface area contributed by atoms with E-state index in [1.165, 1.54) is 12.1 Å². The summed E-state index contributed by atoms with van der Waals surface area (Å²) in [6.07, 6.45) is 1.11. The Morgan fingerprint density at radius 2 is 1.79 bits per heavy atom. The molecule has 0 spiro atoms. The number of aromatic hydroxyl groups is 1. The third kappa shape index (κ3) is 3.35. The predicted molar refractivity (Wildman–Crippen MR) is 54.5 cm³/mol. The highest BCUT2D eigenvalue weighted by Crippen LogP contribution is 2.16. The lowest BCUT2D eigenvalue weighted by atomic mass is 10.1.